The van der Waals surface area contributed by atoms with Gasteiger partial charge in [0.2, 0.25) is 0 Å². The van der Waals surface area contributed by atoms with Crippen LogP contribution in [0.2, 0.25) is 36.3 Å². The van der Waals surface area contributed by atoms with Crippen LogP contribution in [0.3, 0.4) is 0 Å². The molecule has 0 aliphatic rings. The van der Waals surface area contributed by atoms with Crippen LogP contribution in [0.25, 0.3) is 0 Å². The predicted molar refractivity (Wildman–Crippen MR) is 113 cm³/mol. The van der Waals surface area contributed by atoms with Crippen molar-refractivity contribution in [1.82, 2.24) is 0 Å². The van der Waals surface area contributed by atoms with Crippen LogP contribution in [-0.2, 0) is 8.85 Å². The van der Waals surface area contributed by atoms with Gasteiger partial charge in [-0.15, -0.1) is 11.8 Å². The second-order valence-corrected chi connectivity index (χ2v) is 19.4. The molecule has 2 nitrogen and oxygen atoms in total. The van der Waals surface area contributed by atoms with Crippen LogP contribution in [0.4, 0.5) is 0 Å². The van der Waals surface area contributed by atoms with E-state index in [1.165, 1.54) is 0 Å². The molecule has 0 N–H and O–H groups in total. The molecule has 142 valence electrons. The first-order chi connectivity index (χ1) is 10.7. The molecule has 4 heteroatoms. The molecule has 0 atom stereocenters. The van der Waals surface area contributed by atoms with E-state index in [1.807, 2.05) is 0 Å². The van der Waals surface area contributed by atoms with Crippen molar-refractivity contribution in [3.05, 3.63) is 0 Å². The summed E-state index contributed by atoms with van der Waals surface area (Å²) in [6.07, 6.45) is 3.97. The first kappa shape index (κ1) is 23.9. The van der Waals surface area contributed by atoms with Crippen molar-refractivity contribution in [2.24, 2.45) is 0 Å². The van der Waals surface area contributed by atoms with Crippen molar-refractivity contribution >= 4 is 16.6 Å². The van der Waals surface area contributed by atoms with Gasteiger partial charge in [-0.25, -0.2) is 0 Å². The molecular formula is C20H42O2Si2. The summed E-state index contributed by atoms with van der Waals surface area (Å²) in [4.78, 5) is 0. The first-order valence-electron chi connectivity index (χ1n) is 9.44. The second-order valence-electron chi connectivity index (χ2n) is 9.78. The van der Waals surface area contributed by atoms with Gasteiger partial charge in [0.05, 0.1) is 0 Å². The van der Waals surface area contributed by atoms with Gasteiger partial charge in [-0.3, -0.25) is 0 Å². The molecule has 0 aliphatic heterocycles. The summed E-state index contributed by atoms with van der Waals surface area (Å²) in [6.45, 7) is 24.6. The number of unbranched alkanes of at least 4 members (excludes halogenated alkanes) is 2. The lowest BCUT2D eigenvalue weighted by Crippen LogP contribution is -2.40. The molecule has 0 unspecified atom stereocenters. The monoisotopic (exact) mass is 370 g/mol. The van der Waals surface area contributed by atoms with Crippen LogP contribution < -0.4 is 0 Å². The molecule has 0 aliphatic carbocycles. The van der Waals surface area contributed by atoms with Crippen molar-refractivity contribution in [1.29, 1.82) is 0 Å². The predicted octanol–water partition coefficient (Wildman–Crippen LogP) is 6.59. The van der Waals surface area contributed by atoms with Gasteiger partial charge in [-0.05, 0) is 49.1 Å². The summed E-state index contributed by atoms with van der Waals surface area (Å²) in [5.74, 6) is 6.56. The normalized spacial score (nSPS) is 13.6. The highest BCUT2D eigenvalue weighted by atomic mass is 28.4. The van der Waals surface area contributed by atoms with Gasteiger partial charge in [0, 0.05) is 26.1 Å². The lowest BCUT2D eigenvalue weighted by atomic mass is 10.2. The van der Waals surface area contributed by atoms with Crippen LogP contribution in [-0.4, -0.2) is 29.8 Å². The van der Waals surface area contributed by atoms with Crippen LogP contribution in [0.15, 0.2) is 0 Å². The van der Waals surface area contributed by atoms with Gasteiger partial charge < -0.3 is 8.85 Å². The van der Waals surface area contributed by atoms with Crippen molar-refractivity contribution in [3.63, 3.8) is 0 Å². The van der Waals surface area contributed by atoms with Crippen LogP contribution >= 0.6 is 0 Å². The molecule has 0 rings (SSSR count). The molecule has 0 aromatic carbocycles. The van der Waals surface area contributed by atoms with Crippen LogP contribution in [0.5, 0.6) is 0 Å². The highest BCUT2D eigenvalue weighted by Gasteiger charge is 2.37. The average Bonchev–Trinajstić information content (AvgIpc) is 2.38. The van der Waals surface area contributed by atoms with Crippen molar-refractivity contribution in [2.45, 2.75) is 103 Å². The van der Waals surface area contributed by atoms with E-state index in [4.69, 9.17) is 8.85 Å². The Hall–Kier alpha value is -0.0862. The number of hydrogen-bond donors (Lipinski definition) is 0. The van der Waals surface area contributed by atoms with E-state index in [9.17, 15) is 0 Å². The molecule has 0 radical (unpaired) electrons. The molecule has 0 saturated carbocycles. The summed E-state index contributed by atoms with van der Waals surface area (Å²) >= 11 is 0. The average molecular weight is 371 g/mol. The lowest BCUT2D eigenvalue weighted by Gasteiger charge is -2.36. The minimum Gasteiger partial charge on any atom is -0.417 e. The minimum absolute atomic E-state index is 0.294. The maximum atomic E-state index is 6.16. The molecule has 24 heavy (non-hydrogen) atoms. The Balaban J connectivity index is 3.81. The van der Waals surface area contributed by atoms with E-state index < -0.39 is 16.6 Å². The van der Waals surface area contributed by atoms with E-state index in [-0.39, 0.29) is 0 Å². The fraction of sp³-hybridized carbons (Fsp3) is 0.900. The van der Waals surface area contributed by atoms with Gasteiger partial charge in [0.1, 0.15) is 0 Å². The van der Waals surface area contributed by atoms with Crippen molar-refractivity contribution in [3.8, 4) is 11.8 Å². The van der Waals surface area contributed by atoms with Gasteiger partial charge in [0.25, 0.3) is 0 Å². The summed E-state index contributed by atoms with van der Waals surface area (Å²) in [5.41, 5.74) is 0. The Bertz CT molecular complexity index is 380. The SMILES string of the molecule is CC(C)(C)[Si](C)(C)OCCCC#CCCCO[Si](C)(C)C(C)(C)C. The smallest absolute Gasteiger partial charge is 0.191 e. The Morgan fingerprint density at radius 1 is 0.625 bits per heavy atom. The molecule has 0 fully saturated rings. The van der Waals surface area contributed by atoms with Gasteiger partial charge in [-0.2, -0.15) is 0 Å². The Morgan fingerprint density at radius 2 is 0.917 bits per heavy atom. The fourth-order valence-corrected chi connectivity index (χ4v) is 3.76. The quantitative estimate of drug-likeness (QED) is 0.272. The molecule has 0 aromatic heterocycles. The van der Waals surface area contributed by atoms with Crippen molar-refractivity contribution < 1.29 is 8.85 Å². The van der Waals surface area contributed by atoms with Crippen molar-refractivity contribution in [2.75, 3.05) is 13.2 Å². The van der Waals surface area contributed by atoms with E-state index in [0.717, 1.165) is 38.9 Å². The Kier molecular flexibility index (Phi) is 9.53. The zero-order valence-corrected chi connectivity index (χ0v) is 20.1. The standard InChI is InChI=1S/C20H42O2Si2/c1-19(2,3)23(7,8)21-17-15-13-11-12-14-16-18-22-24(9,10)20(4,5)6/h13-18H2,1-10H3. The third-order valence-corrected chi connectivity index (χ3v) is 14.6. The Morgan fingerprint density at radius 3 is 1.17 bits per heavy atom. The van der Waals surface area contributed by atoms with Crippen LogP contribution in [0.1, 0.15) is 67.2 Å². The van der Waals surface area contributed by atoms with Gasteiger partial charge >= 0.3 is 0 Å². The van der Waals surface area contributed by atoms with E-state index in [1.54, 1.807) is 0 Å². The lowest BCUT2D eigenvalue weighted by molar-refractivity contribution is 0.283. The fourth-order valence-electron chi connectivity index (χ4n) is 1.59. The van der Waals surface area contributed by atoms with Gasteiger partial charge in [-0.1, -0.05) is 41.5 Å². The molecule has 0 saturated heterocycles. The first-order valence-corrected chi connectivity index (χ1v) is 15.3. The largest absolute Gasteiger partial charge is 0.417 e. The molecule has 0 aromatic rings. The molecule has 0 spiro atoms. The molecule has 0 heterocycles. The van der Waals surface area contributed by atoms with E-state index in [2.05, 4.69) is 79.6 Å². The maximum Gasteiger partial charge on any atom is 0.191 e. The third-order valence-electron chi connectivity index (χ3n) is 5.56. The topological polar surface area (TPSA) is 18.5 Å². The van der Waals surface area contributed by atoms with E-state index in [0.29, 0.717) is 10.1 Å². The maximum absolute atomic E-state index is 6.16. The highest BCUT2D eigenvalue weighted by Crippen LogP contribution is 2.37. The molecule has 0 bridgehead atoms. The van der Waals surface area contributed by atoms with E-state index >= 15 is 0 Å². The molecule has 0 amide bonds. The van der Waals surface area contributed by atoms with Gasteiger partial charge in [0.15, 0.2) is 16.6 Å². The summed E-state index contributed by atoms with van der Waals surface area (Å²) in [7, 11) is -3.17. The number of hydrogen-bond acceptors (Lipinski definition) is 2. The Labute approximate surface area is 154 Å². The summed E-state index contributed by atoms with van der Waals surface area (Å²) in [6, 6.07) is 0. The highest BCUT2D eigenvalue weighted by molar-refractivity contribution is 6.74. The van der Waals surface area contributed by atoms with Crippen LogP contribution in [0, 0.1) is 11.8 Å². The number of rotatable bonds is 8. The zero-order chi connectivity index (χ0) is 19.1. The zero-order valence-electron chi connectivity index (χ0n) is 18.1. The second kappa shape index (κ2) is 9.57. The minimum atomic E-state index is -1.59. The third kappa shape index (κ3) is 8.85. The summed E-state index contributed by atoms with van der Waals surface area (Å²) < 4.78 is 12.3. The molecular weight excluding hydrogens is 328 g/mol. The summed E-state index contributed by atoms with van der Waals surface area (Å²) in [5, 5.41) is 0.589.